The van der Waals surface area contributed by atoms with E-state index in [-0.39, 0.29) is 17.9 Å². The van der Waals surface area contributed by atoms with Crippen molar-refractivity contribution >= 4 is 17.8 Å². The summed E-state index contributed by atoms with van der Waals surface area (Å²) in [5, 5.41) is 3.01. The number of hydrogen-bond acceptors (Lipinski definition) is 5. The molecule has 7 heteroatoms. The third kappa shape index (κ3) is 6.57. The maximum atomic E-state index is 12.5. The molecule has 164 valence electrons. The standard InChI is InChI=1S/C24H28N2O5/c1-17(27)31-22-5-3-4-19(16-22)24(29)25-20-12-14-26(15-13-20)23(28)11-8-18-6-9-21(30-2)10-7-18/h3-7,9-10,16,20H,8,11-15H2,1-2H3,(H,25,29). The van der Waals surface area contributed by atoms with E-state index >= 15 is 0 Å². The zero-order chi connectivity index (χ0) is 22.2. The lowest BCUT2D eigenvalue weighted by molar-refractivity contribution is -0.133. The molecular weight excluding hydrogens is 396 g/mol. The highest BCUT2D eigenvalue weighted by molar-refractivity contribution is 5.95. The first kappa shape index (κ1) is 22.3. The number of hydrogen-bond donors (Lipinski definition) is 1. The van der Waals surface area contributed by atoms with Crippen molar-refractivity contribution in [2.45, 2.75) is 38.6 Å². The van der Waals surface area contributed by atoms with Gasteiger partial charge in [-0.15, -0.1) is 0 Å². The van der Waals surface area contributed by atoms with Gasteiger partial charge < -0.3 is 19.7 Å². The summed E-state index contributed by atoms with van der Waals surface area (Å²) in [5.74, 6) is 0.643. The molecule has 0 unspecified atom stereocenters. The van der Waals surface area contributed by atoms with Crippen molar-refractivity contribution in [2.75, 3.05) is 20.2 Å². The first-order valence-corrected chi connectivity index (χ1v) is 10.4. The first-order chi connectivity index (χ1) is 14.9. The Labute approximate surface area is 182 Å². The van der Waals surface area contributed by atoms with Gasteiger partial charge in [0.25, 0.3) is 5.91 Å². The molecule has 3 rings (SSSR count). The average Bonchev–Trinajstić information content (AvgIpc) is 2.78. The number of carbonyl (C=O) groups excluding carboxylic acids is 3. The van der Waals surface area contributed by atoms with Crippen LogP contribution in [-0.4, -0.2) is 48.9 Å². The fraction of sp³-hybridized carbons (Fsp3) is 0.375. The van der Waals surface area contributed by atoms with Gasteiger partial charge in [0, 0.05) is 38.0 Å². The highest BCUT2D eigenvalue weighted by atomic mass is 16.5. The van der Waals surface area contributed by atoms with E-state index in [0.717, 1.165) is 11.3 Å². The number of benzene rings is 2. The minimum absolute atomic E-state index is 0.00974. The smallest absolute Gasteiger partial charge is 0.308 e. The maximum absolute atomic E-state index is 12.5. The number of rotatable bonds is 7. The summed E-state index contributed by atoms with van der Waals surface area (Å²) in [4.78, 5) is 38.0. The van der Waals surface area contributed by atoms with Crippen LogP contribution in [0.2, 0.25) is 0 Å². The van der Waals surface area contributed by atoms with Crippen molar-refractivity contribution < 1.29 is 23.9 Å². The Morgan fingerprint density at radius 1 is 1.03 bits per heavy atom. The molecule has 1 heterocycles. The molecule has 0 saturated carbocycles. The third-order valence-corrected chi connectivity index (χ3v) is 5.33. The molecule has 7 nitrogen and oxygen atoms in total. The van der Waals surface area contributed by atoms with Gasteiger partial charge in [0.2, 0.25) is 5.91 Å². The molecule has 0 aromatic heterocycles. The molecule has 0 atom stereocenters. The normalized spacial score (nSPS) is 14.1. The summed E-state index contributed by atoms with van der Waals surface area (Å²) in [6.45, 7) is 2.57. The Bertz CT molecular complexity index is 918. The van der Waals surface area contributed by atoms with E-state index in [0.29, 0.717) is 50.1 Å². The molecule has 2 aromatic rings. The zero-order valence-corrected chi connectivity index (χ0v) is 17.9. The van der Waals surface area contributed by atoms with Crippen LogP contribution in [0.1, 0.15) is 42.1 Å². The quantitative estimate of drug-likeness (QED) is 0.546. The zero-order valence-electron chi connectivity index (χ0n) is 17.9. The number of piperidine rings is 1. The summed E-state index contributed by atoms with van der Waals surface area (Å²) < 4.78 is 10.2. The number of methoxy groups -OCH3 is 1. The monoisotopic (exact) mass is 424 g/mol. The first-order valence-electron chi connectivity index (χ1n) is 10.4. The van der Waals surface area contributed by atoms with Crippen LogP contribution in [0.15, 0.2) is 48.5 Å². The SMILES string of the molecule is COc1ccc(CCC(=O)N2CCC(NC(=O)c3cccc(OC(C)=O)c3)CC2)cc1. The predicted molar refractivity (Wildman–Crippen MR) is 116 cm³/mol. The Balaban J connectivity index is 1.44. The second-order valence-electron chi connectivity index (χ2n) is 7.60. The number of nitrogens with zero attached hydrogens (tertiary/aromatic N) is 1. The van der Waals surface area contributed by atoms with Crippen LogP contribution < -0.4 is 14.8 Å². The number of likely N-dealkylation sites (tertiary alicyclic amines) is 1. The number of ether oxygens (including phenoxy) is 2. The van der Waals surface area contributed by atoms with Crippen LogP contribution in [0, 0.1) is 0 Å². The van der Waals surface area contributed by atoms with Crippen molar-refractivity contribution in [1.29, 1.82) is 0 Å². The van der Waals surface area contributed by atoms with E-state index in [1.165, 1.54) is 6.92 Å². The van der Waals surface area contributed by atoms with E-state index in [1.807, 2.05) is 29.2 Å². The summed E-state index contributed by atoms with van der Waals surface area (Å²) in [6.07, 6.45) is 2.58. The molecule has 31 heavy (non-hydrogen) atoms. The number of aryl methyl sites for hydroxylation is 1. The summed E-state index contributed by atoms with van der Waals surface area (Å²) in [5.41, 5.74) is 1.55. The second-order valence-corrected chi connectivity index (χ2v) is 7.60. The fourth-order valence-corrected chi connectivity index (χ4v) is 3.61. The van der Waals surface area contributed by atoms with Gasteiger partial charge in [0.1, 0.15) is 11.5 Å². The van der Waals surface area contributed by atoms with Crippen LogP contribution in [0.4, 0.5) is 0 Å². The molecule has 0 aliphatic carbocycles. The molecule has 0 radical (unpaired) electrons. The van der Waals surface area contributed by atoms with Crippen LogP contribution in [-0.2, 0) is 16.0 Å². The lowest BCUT2D eigenvalue weighted by atomic mass is 10.0. The lowest BCUT2D eigenvalue weighted by Gasteiger charge is -2.32. The number of esters is 1. The van der Waals surface area contributed by atoms with Gasteiger partial charge >= 0.3 is 5.97 Å². The van der Waals surface area contributed by atoms with Gasteiger partial charge in [-0.2, -0.15) is 0 Å². The van der Waals surface area contributed by atoms with Crippen LogP contribution in [0.25, 0.3) is 0 Å². The molecule has 1 aliphatic rings. The van der Waals surface area contributed by atoms with Gasteiger partial charge in [-0.1, -0.05) is 18.2 Å². The van der Waals surface area contributed by atoms with Gasteiger partial charge in [0.15, 0.2) is 0 Å². The summed E-state index contributed by atoms with van der Waals surface area (Å²) >= 11 is 0. The third-order valence-electron chi connectivity index (χ3n) is 5.33. The Hall–Kier alpha value is -3.35. The Morgan fingerprint density at radius 3 is 2.39 bits per heavy atom. The van der Waals surface area contributed by atoms with E-state index in [4.69, 9.17) is 9.47 Å². The second kappa shape index (κ2) is 10.6. The molecule has 2 aromatic carbocycles. The molecule has 1 saturated heterocycles. The number of nitrogens with one attached hydrogen (secondary N) is 1. The van der Waals surface area contributed by atoms with E-state index in [1.54, 1.807) is 31.4 Å². The van der Waals surface area contributed by atoms with E-state index in [2.05, 4.69) is 5.32 Å². The molecule has 0 bridgehead atoms. The van der Waals surface area contributed by atoms with Crippen LogP contribution in [0.5, 0.6) is 11.5 Å². The van der Waals surface area contributed by atoms with Gasteiger partial charge in [-0.3, -0.25) is 14.4 Å². The van der Waals surface area contributed by atoms with Crippen molar-refractivity contribution in [3.63, 3.8) is 0 Å². The number of amides is 2. The summed E-state index contributed by atoms with van der Waals surface area (Å²) in [6, 6.07) is 14.3. The minimum atomic E-state index is -0.429. The van der Waals surface area contributed by atoms with Gasteiger partial charge in [-0.25, -0.2) is 0 Å². The summed E-state index contributed by atoms with van der Waals surface area (Å²) in [7, 11) is 1.63. The lowest BCUT2D eigenvalue weighted by Crippen LogP contribution is -2.46. The minimum Gasteiger partial charge on any atom is -0.497 e. The molecule has 1 aliphatic heterocycles. The van der Waals surface area contributed by atoms with Crippen molar-refractivity contribution in [2.24, 2.45) is 0 Å². The fourth-order valence-electron chi connectivity index (χ4n) is 3.61. The molecule has 1 N–H and O–H groups in total. The highest BCUT2D eigenvalue weighted by Gasteiger charge is 2.24. The van der Waals surface area contributed by atoms with Crippen molar-refractivity contribution in [3.8, 4) is 11.5 Å². The van der Waals surface area contributed by atoms with Crippen LogP contribution >= 0.6 is 0 Å². The maximum Gasteiger partial charge on any atom is 0.308 e. The molecule has 2 amide bonds. The topological polar surface area (TPSA) is 84.9 Å². The van der Waals surface area contributed by atoms with E-state index < -0.39 is 5.97 Å². The van der Waals surface area contributed by atoms with Crippen LogP contribution in [0.3, 0.4) is 0 Å². The molecule has 0 spiro atoms. The Kier molecular flexibility index (Phi) is 7.65. The largest absolute Gasteiger partial charge is 0.497 e. The predicted octanol–water partition coefficient (Wildman–Crippen LogP) is 2.97. The molecular formula is C24H28N2O5. The van der Waals surface area contributed by atoms with Gasteiger partial charge in [-0.05, 0) is 55.2 Å². The van der Waals surface area contributed by atoms with E-state index in [9.17, 15) is 14.4 Å². The highest BCUT2D eigenvalue weighted by Crippen LogP contribution is 2.17. The molecule has 1 fully saturated rings. The van der Waals surface area contributed by atoms with Crippen molar-refractivity contribution in [1.82, 2.24) is 10.2 Å². The average molecular weight is 424 g/mol. The van der Waals surface area contributed by atoms with Crippen molar-refractivity contribution in [3.05, 3.63) is 59.7 Å². The number of carbonyl (C=O) groups is 3. The van der Waals surface area contributed by atoms with Gasteiger partial charge in [0.05, 0.1) is 7.11 Å². The Morgan fingerprint density at radius 2 is 1.74 bits per heavy atom.